The summed E-state index contributed by atoms with van der Waals surface area (Å²) >= 11 is 0. The van der Waals surface area contributed by atoms with Crippen LogP contribution in [-0.2, 0) is 16.6 Å². The summed E-state index contributed by atoms with van der Waals surface area (Å²) in [5.74, 6) is 3.42. The first-order valence-electron chi connectivity index (χ1n) is 12.6. The van der Waals surface area contributed by atoms with E-state index < -0.39 is 11.2 Å². The molecule has 168 valence electrons. The van der Waals surface area contributed by atoms with Crippen LogP contribution in [0.5, 0.6) is 11.5 Å². The zero-order chi connectivity index (χ0) is 21.4. The molecule has 4 heteroatoms. The number of benzene rings is 1. The lowest BCUT2D eigenvalue weighted by molar-refractivity contribution is -0.302. The van der Waals surface area contributed by atoms with Crippen LogP contribution >= 0.6 is 0 Å². The van der Waals surface area contributed by atoms with Crippen molar-refractivity contribution in [3.63, 3.8) is 0 Å². The highest BCUT2D eigenvalue weighted by Gasteiger charge is 2.81. The maximum Gasteiger partial charge on any atom is 0.165 e. The lowest BCUT2D eigenvalue weighted by atomic mass is 9.30. The largest absolute Gasteiger partial charge is 0.504 e. The van der Waals surface area contributed by atoms with E-state index in [-0.39, 0.29) is 28.6 Å². The van der Waals surface area contributed by atoms with Gasteiger partial charge in [-0.1, -0.05) is 18.9 Å². The van der Waals surface area contributed by atoms with Gasteiger partial charge in [-0.2, -0.15) is 0 Å². The third kappa shape index (κ3) is 2.02. The fourth-order valence-electron chi connectivity index (χ4n) is 9.82. The number of methoxy groups -OCH3 is 1. The number of hydrogen-bond acceptors (Lipinski definition) is 4. The average molecular weight is 425 g/mol. The predicted octanol–water partition coefficient (Wildman–Crippen LogP) is 4.73. The van der Waals surface area contributed by atoms with Crippen LogP contribution in [0, 0.1) is 29.1 Å². The lowest BCUT2D eigenvalue weighted by Gasteiger charge is -2.74. The second-order valence-electron chi connectivity index (χ2n) is 12.4. The first-order chi connectivity index (χ1) is 14.8. The zero-order valence-corrected chi connectivity index (χ0v) is 19.1. The van der Waals surface area contributed by atoms with Gasteiger partial charge in [0.15, 0.2) is 11.5 Å². The molecule has 2 spiro atoms. The van der Waals surface area contributed by atoms with Crippen molar-refractivity contribution in [2.75, 3.05) is 7.11 Å². The predicted molar refractivity (Wildman–Crippen MR) is 117 cm³/mol. The monoisotopic (exact) mass is 424 g/mol. The summed E-state index contributed by atoms with van der Waals surface area (Å²) in [5.41, 5.74) is 1.46. The van der Waals surface area contributed by atoms with Crippen LogP contribution in [0.1, 0.15) is 76.3 Å². The standard InChI is InChI=1S/C27H36O4/c1-24(2,29)20-14-25-10-11-27(20,30-3)23-26(25)9-8-16(12-15-4-5-15)18(25)13-17-6-7-19(28)22(31-23)21(17)26/h6-7,15-16,18,20,23,28-29H,4-5,8-14H2,1-3H3/t16?,18-,20?,23+,25+,26-,27+/m0/s1. The molecule has 0 aromatic heterocycles. The number of aliphatic hydroxyl groups is 1. The van der Waals surface area contributed by atoms with Gasteiger partial charge in [-0.15, -0.1) is 0 Å². The van der Waals surface area contributed by atoms with Crippen molar-refractivity contribution < 1.29 is 19.7 Å². The molecule has 6 aliphatic carbocycles. The van der Waals surface area contributed by atoms with Crippen LogP contribution in [0.3, 0.4) is 0 Å². The normalized spacial score (nSPS) is 46.6. The number of phenols is 1. The van der Waals surface area contributed by atoms with Gasteiger partial charge < -0.3 is 19.7 Å². The molecule has 0 radical (unpaired) electrons. The topological polar surface area (TPSA) is 58.9 Å². The Morgan fingerprint density at radius 3 is 2.68 bits per heavy atom. The van der Waals surface area contributed by atoms with Crippen molar-refractivity contribution in [1.29, 1.82) is 0 Å². The van der Waals surface area contributed by atoms with Gasteiger partial charge in [0, 0.05) is 24.0 Å². The second-order valence-corrected chi connectivity index (χ2v) is 12.4. The van der Waals surface area contributed by atoms with E-state index in [9.17, 15) is 10.2 Å². The van der Waals surface area contributed by atoms with Gasteiger partial charge in [-0.3, -0.25) is 0 Å². The molecule has 31 heavy (non-hydrogen) atoms. The molecule has 0 amide bonds. The quantitative estimate of drug-likeness (QED) is 0.734. The Balaban J connectivity index is 1.49. The smallest absolute Gasteiger partial charge is 0.165 e. The van der Waals surface area contributed by atoms with Gasteiger partial charge in [0.1, 0.15) is 11.7 Å². The SMILES string of the molecule is CO[C@]12CC[C@@]3(CC1C(C)(C)O)[C@H]1Cc4ccc(O)c5c4[C@@]3(CCC1CC1CC1)[C@H]2O5. The molecule has 5 fully saturated rings. The molecule has 7 atom stereocenters. The molecular formula is C27H36O4. The van der Waals surface area contributed by atoms with Crippen molar-refractivity contribution in [3.8, 4) is 11.5 Å². The van der Waals surface area contributed by atoms with Gasteiger partial charge in [0.05, 0.1) is 5.60 Å². The first-order valence-corrected chi connectivity index (χ1v) is 12.6. The van der Waals surface area contributed by atoms with Crippen LogP contribution in [0.15, 0.2) is 12.1 Å². The summed E-state index contributed by atoms with van der Waals surface area (Å²) in [4.78, 5) is 0. The number of aromatic hydroxyl groups is 1. The summed E-state index contributed by atoms with van der Waals surface area (Å²) < 4.78 is 13.2. The number of hydrogen-bond donors (Lipinski definition) is 2. The van der Waals surface area contributed by atoms with E-state index >= 15 is 0 Å². The van der Waals surface area contributed by atoms with Crippen molar-refractivity contribution >= 4 is 0 Å². The molecule has 1 heterocycles. The summed E-state index contributed by atoms with van der Waals surface area (Å²) in [5, 5.41) is 22.2. The van der Waals surface area contributed by atoms with Crippen molar-refractivity contribution in [3.05, 3.63) is 23.3 Å². The summed E-state index contributed by atoms with van der Waals surface area (Å²) in [6, 6.07) is 4.02. The molecule has 4 nitrogen and oxygen atoms in total. The summed E-state index contributed by atoms with van der Waals surface area (Å²) in [6.45, 7) is 3.93. The Morgan fingerprint density at radius 2 is 1.97 bits per heavy atom. The third-order valence-electron chi connectivity index (χ3n) is 11.0. The van der Waals surface area contributed by atoms with Crippen LogP contribution < -0.4 is 4.74 Å². The average Bonchev–Trinajstić information content (AvgIpc) is 3.47. The molecule has 7 aliphatic rings. The maximum atomic E-state index is 11.4. The highest BCUT2D eigenvalue weighted by Crippen LogP contribution is 2.80. The van der Waals surface area contributed by atoms with Crippen LogP contribution in [0.25, 0.3) is 0 Å². The minimum Gasteiger partial charge on any atom is -0.504 e. The third-order valence-corrected chi connectivity index (χ3v) is 11.0. The van der Waals surface area contributed by atoms with Gasteiger partial charge >= 0.3 is 0 Å². The second kappa shape index (κ2) is 5.62. The summed E-state index contributed by atoms with van der Waals surface area (Å²) in [7, 11) is 1.82. The van der Waals surface area contributed by atoms with Gasteiger partial charge in [0.25, 0.3) is 0 Å². The molecule has 1 aromatic rings. The fourth-order valence-corrected chi connectivity index (χ4v) is 9.82. The van der Waals surface area contributed by atoms with Crippen molar-refractivity contribution in [2.24, 2.45) is 29.1 Å². The van der Waals surface area contributed by atoms with Gasteiger partial charge in [-0.05, 0) is 93.6 Å². The minimum atomic E-state index is -0.828. The molecular weight excluding hydrogens is 388 g/mol. The first kappa shape index (κ1) is 19.2. The van der Waals surface area contributed by atoms with Gasteiger partial charge in [-0.25, -0.2) is 0 Å². The van der Waals surface area contributed by atoms with E-state index in [4.69, 9.17) is 9.47 Å². The molecule has 2 unspecified atom stereocenters. The highest BCUT2D eigenvalue weighted by molar-refractivity contribution is 5.62. The summed E-state index contributed by atoms with van der Waals surface area (Å²) in [6.07, 6.45) is 10.7. The van der Waals surface area contributed by atoms with E-state index in [2.05, 4.69) is 6.07 Å². The Hall–Kier alpha value is -1.26. The maximum absolute atomic E-state index is 11.4. The molecule has 4 bridgehead atoms. The Kier molecular flexibility index (Phi) is 3.49. The van der Waals surface area contributed by atoms with E-state index in [1.165, 1.54) is 36.8 Å². The molecule has 5 saturated carbocycles. The molecule has 2 N–H and O–H groups in total. The lowest BCUT2D eigenvalue weighted by Crippen LogP contribution is -2.79. The molecule has 0 saturated heterocycles. The zero-order valence-electron chi connectivity index (χ0n) is 19.1. The van der Waals surface area contributed by atoms with Crippen LogP contribution in [0.4, 0.5) is 0 Å². The molecule has 1 aliphatic heterocycles. The fraction of sp³-hybridized carbons (Fsp3) is 0.778. The Labute approximate surface area is 185 Å². The molecule has 1 aromatic carbocycles. The van der Waals surface area contributed by atoms with E-state index in [0.717, 1.165) is 49.7 Å². The number of phenolic OH excluding ortho intramolecular Hbond substituents is 1. The van der Waals surface area contributed by atoms with E-state index in [1.54, 1.807) is 0 Å². The van der Waals surface area contributed by atoms with Crippen molar-refractivity contribution in [2.45, 2.75) is 94.4 Å². The Bertz CT molecular complexity index is 961. The van der Waals surface area contributed by atoms with Crippen molar-refractivity contribution in [1.82, 2.24) is 0 Å². The highest BCUT2D eigenvalue weighted by atomic mass is 16.6. The molecule has 8 rings (SSSR count). The van der Waals surface area contributed by atoms with Crippen LogP contribution in [0.2, 0.25) is 0 Å². The van der Waals surface area contributed by atoms with Crippen LogP contribution in [-0.4, -0.2) is 34.6 Å². The minimum absolute atomic E-state index is 0.0389. The Morgan fingerprint density at radius 1 is 1.16 bits per heavy atom. The number of fused-ring (bicyclic) bond motifs is 2. The van der Waals surface area contributed by atoms with E-state index in [1.807, 2.05) is 27.0 Å². The number of ether oxygens (including phenoxy) is 2. The van der Waals surface area contributed by atoms with E-state index in [0.29, 0.717) is 5.92 Å². The number of rotatable bonds is 4. The van der Waals surface area contributed by atoms with Gasteiger partial charge in [0.2, 0.25) is 0 Å².